The Morgan fingerprint density at radius 2 is 1.52 bits per heavy atom. The number of hydrogen-bond donors (Lipinski definition) is 0. The molecule has 2 aromatic carbocycles. The molecule has 0 N–H and O–H groups in total. The summed E-state index contributed by atoms with van der Waals surface area (Å²) in [6.45, 7) is 0. The van der Waals surface area contributed by atoms with E-state index in [-0.39, 0.29) is 0 Å². The molecular weight excluding hydrogens is 260 g/mol. The predicted molar refractivity (Wildman–Crippen MR) is 85.0 cm³/mol. The van der Waals surface area contributed by atoms with Crippen molar-refractivity contribution in [2.75, 3.05) is 19.0 Å². The van der Waals surface area contributed by atoms with Crippen molar-refractivity contribution in [3.8, 4) is 22.6 Å². The van der Waals surface area contributed by atoms with Gasteiger partial charge in [0.2, 0.25) is 0 Å². The molecule has 0 aliphatic heterocycles. The normalized spacial score (nSPS) is 10.4. The van der Waals surface area contributed by atoms with E-state index < -0.39 is 0 Å². The largest absolute Gasteiger partial charge is 0.378 e. The molecule has 0 aliphatic carbocycles. The van der Waals surface area contributed by atoms with Crippen LogP contribution in [0.5, 0.6) is 0 Å². The number of nitrogens with zero attached hydrogens (tertiary/aromatic N) is 4. The fourth-order valence-corrected chi connectivity index (χ4v) is 2.08. The Balaban J connectivity index is 1.96. The van der Waals surface area contributed by atoms with Gasteiger partial charge in [0.25, 0.3) is 0 Å². The van der Waals surface area contributed by atoms with Gasteiger partial charge >= 0.3 is 0 Å². The summed E-state index contributed by atoms with van der Waals surface area (Å²) in [5.41, 5.74) is 3.99. The highest BCUT2D eigenvalue weighted by atomic mass is 15.1. The van der Waals surface area contributed by atoms with Crippen LogP contribution in [0.2, 0.25) is 0 Å². The van der Waals surface area contributed by atoms with Gasteiger partial charge in [0.05, 0.1) is 11.9 Å². The van der Waals surface area contributed by atoms with Crippen LogP contribution in [0.3, 0.4) is 0 Å². The van der Waals surface area contributed by atoms with Gasteiger partial charge in [-0.3, -0.25) is 0 Å². The lowest BCUT2D eigenvalue weighted by Gasteiger charge is -2.12. The van der Waals surface area contributed by atoms with Crippen molar-refractivity contribution in [2.45, 2.75) is 0 Å². The van der Waals surface area contributed by atoms with E-state index in [2.05, 4.69) is 32.2 Å². The van der Waals surface area contributed by atoms with Gasteiger partial charge in [-0.1, -0.05) is 42.5 Å². The molecular formula is C17H16N4. The lowest BCUT2D eigenvalue weighted by Crippen LogP contribution is -2.08. The predicted octanol–water partition coefficient (Wildman–Crippen LogP) is 3.27. The van der Waals surface area contributed by atoms with E-state index in [0.29, 0.717) is 5.82 Å². The molecule has 21 heavy (non-hydrogen) atoms. The zero-order chi connectivity index (χ0) is 14.7. The second kappa shape index (κ2) is 5.71. The third-order valence-corrected chi connectivity index (χ3v) is 3.27. The van der Waals surface area contributed by atoms with Crippen molar-refractivity contribution in [2.24, 2.45) is 0 Å². The van der Waals surface area contributed by atoms with Crippen molar-refractivity contribution in [1.82, 2.24) is 15.2 Å². The van der Waals surface area contributed by atoms with Crippen LogP contribution in [0.25, 0.3) is 22.6 Å². The van der Waals surface area contributed by atoms with E-state index >= 15 is 0 Å². The molecule has 0 bridgehead atoms. The van der Waals surface area contributed by atoms with Gasteiger partial charge in [0.1, 0.15) is 0 Å². The molecule has 0 atom stereocenters. The van der Waals surface area contributed by atoms with Crippen molar-refractivity contribution < 1.29 is 0 Å². The average Bonchev–Trinajstić information content (AvgIpc) is 2.56. The van der Waals surface area contributed by atoms with Crippen LogP contribution in [-0.2, 0) is 0 Å². The van der Waals surface area contributed by atoms with Crippen molar-refractivity contribution >= 4 is 5.69 Å². The molecule has 1 heterocycles. The van der Waals surface area contributed by atoms with Gasteiger partial charge in [0, 0.05) is 30.9 Å². The molecule has 0 radical (unpaired) electrons. The molecule has 0 spiro atoms. The second-order valence-electron chi connectivity index (χ2n) is 4.97. The van der Waals surface area contributed by atoms with E-state index in [0.717, 1.165) is 22.5 Å². The fourth-order valence-electron chi connectivity index (χ4n) is 2.08. The van der Waals surface area contributed by atoms with E-state index in [1.54, 1.807) is 6.20 Å². The van der Waals surface area contributed by atoms with Crippen molar-refractivity contribution in [1.29, 1.82) is 0 Å². The van der Waals surface area contributed by atoms with Gasteiger partial charge in [-0.25, -0.2) is 4.98 Å². The maximum Gasteiger partial charge on any atom is 0.182 e. The molecule has 3 aromatic rings. The fraction of sp³-hybridized carbons (Fsp3) is 0.118. The molecule has 0 saturated carbocycles. The van der Waals surface area contributed by atoms with Gasteiger partial charge in [-0.15, -0.1) is 5.10 Å². The summed E-state index contributed by atoms with van der Waals surface area (Å²) in [5, 5.41) is 8.18. The second-order valence-corrected chi connectivity index (χ2v) is 4.97. The molecule has 3 rings (SSSR count). The average molecular weight is 276 g/mol. The molecule has 4 nitrogen and oxygen atoms in total. The minimum absolute atomic E-state index is 0.643. The molecule has 104 valence electrons. The van der Waals surface area contributed by atoms with Crippen molar-refractivity contribution in [3.63, 3.8) is 0 Å². The summed E-state index contributed by atoms with van der Waals surface area (Å²) < 4.78 is 0. The lowest BCUT2D eigenvalue weighted by atomic mass is 10.1. The van der Waals surface area contributed by atoms with Crippen LogP contribution in [0.15, 0.2) is 60.8 Å². The minimum atomic E-state index is 0.643. The van der Waals surface area contributed by atoms with Gasteiger partial charge in [-0.05, 0) is 12.1 Å². The molecule has 0 aliphatic rings. The zero-order valence-electron chi connectivity index (χ0n) is 12.1. The van der Waals surface area contributed by atoms with E-state index in [4.69, 9.17) is 0 Å². The first kappa shape index (κ1) is 13.2. The summed E-state index contributed by atoms with van der Waals surface area (Å²) in [4.78, 5) is 6.67. The molecule has 1 aromatic heterocycles. The van der Waals surface area contributed by atoms with Crippen LogP contribution in [0, 0.1) is 0 Å². The van der Waals surface area contributed by atoms with E-state index in [1.165, 1.54) is 0 Å². The Morgan fingerprint density at radius 1 is 0.810 bits per heavy atom. The number of benzene rings is 2. The summed E-state index contributed by atoms with van der Waals surface area (Å²) in [7, 11) is 4.05. The maximum atomic E-state index is 4.60. The minimum Gasteiger partial charge on any atom is -0.378 e. The Hall–Kier alpha value is -2.75. The highest BCUT2D eigenvalue weighted by molar-refractivity contribution is 5.64. The smallest absolute Gasteiger partial charge is 0.182 e. The Kier molecular flexibility index (Phi) is 3.60. The van der Waals surface area contributed by atoms with Gasteiger partial charge in [0.15, 0.2) is 5.82 Å². The SMILES string of the molecule is CN(C)c1ccc(-c2cnnc(-c3ccccc3)n2)cc1. The first-order chi connectivity index (χ1) is 10.2. The topological polar surface area (TPSA) is 41.9 Å². The van der Waals surface area contributed by atoms with Crippen LogP contribution in [0.4, 0.5) is 5.69 Å². The van der Waals surface area contributed by atoms with Gasteiger partial charge < -0.3 is 4.90 Å². The Morgan fingerprint density at radius 3 is 2.19 bits per heavy atom. The molecule has 0 saturated heterocycles. The summed E-state index contributed by atoms with van der Waals surface area (Å²) in [5.74, 6) is 0.643. The molecule has 4 heteroatoms. The third-order valence-electron chi connectivity index (χ3n) is 3.27. The van der Waals surface area contributed by atoms with Crippen LogP contribution < -0.4 is 4.90 Å². The first-order valence-electron chi connectivity index (χ1n) is 6.77. The number of aromatic nitrogens is 3. The molecule has 0 amide bonds. The molecule has 0 fully saturated rings. The Bertz CT molecular complexity index is 721. The number of hydrogen-bond acceptors (Lipinski definition) is 4. The van der Waals surface area contributed by atoms with Crippen LogP contribution in [0.1, 0.15) is 0 Å². The zero-order valence-corrected chi connectivity index (χ0v) is 12.1. The summed E-state index contributed by atoms with van der Waals surface area (Å²) >= 11 is 0. The standard InChI is InChI=1S/C17H16N4/c1-21(2)15-10-8-13(9-11-15)16-12-18-20-17(19-16)14-6-4-3-5-7-14/h3-12H,1-2H3. The van der Waals surface area contributed by atoms with Crippen LogP contribution >= 0.6 is 0 Å². The quantitative estimate of drug-likeness (QED) is 0.736. The van der Waals surface area contributed by atoms with Crippen LogP contribution in [-0.4, -0.2) is 29.3 Å². The maximum absolute atomic E-state index is 4.60. The van der Waals surface area contributed by atoms with E-state index in [1.807, 2.05) is 56.6 Å². The van der Waals surface area contributed by atoms with Gasteiger partial charge in [-0.2, -0.15) is 5.10 Å². The highest BCUT2D eigenvalue weighted by Crippen LogP contribution is 2.22. The molecule has 0 unspecified atom stereocenters. The Labute approximate surface area is 124 Å². The van der Waals surface area contributed by atoms with E-state index in [9.17, 15) is 0 Å². The third kappa shape index (κ3) is 2.89. The first-order valence-corrected chi connectivity index (χ1v) is 6.77. The highest BCUT2D eigenvalue weighted by Gasteiger charge is 2.05. The lowest BCUT2D eigenvalue weighted by molar-refractivity contribution is 0.984. The number of anilines is 1. The summed E-state index contributed by atoms with van der Waals surface area (Å²) in [6.07, 6.45) is 1.69. The van der Waals surface area contributed by atoms with Crippen molar-refractivity contribution in [3.05, 3.63) is 60.8 Å². The summed E-state index contributed by atoms with van der Waals surface area (Å²) in [6, 6.07) is 18.1. The number of rotatable bonds is 3. The monoisotopic (exact) mass is 276 g/mol.